The quantitative estimate of drug-likeness (QED) is 0.710. The standard InChI is InChI=1S/C19H22N2O6S2/c1-19(11-12-28(23,24)13-19)20-18(22)14-7-9-15(10-8-14)29(25,26)21-16-5-3-4-6-17(16)27-2/h3-10,21H,11-13H2,1-2H3,(H,20,22)/t19-/m0/s1. The van der Waals surface area contributed by atoms with Crippen LogP contribution in [0.2, 0.25) is 0 Å². The summed E-state index contributed by atoms with van der Waals surface area (Å²) in [7, 11) is -5.59. The van der Waals surface area contributed by atoms with E-state index in [0.717, 1.165) is 0 Å². The molecule has 0 unspecified atom stereocenters. The molecule has 1 saturated heterocycles. The van der Waals surface area contributed by atoms with E-state index in [1.807, 2.05) is 0 Å². The Bertz CT molecular complexity index is 1130. The van der Waals surface area contributed by atoms with Gasteiger partial charge >= 0.3 is 0 Å². The second-order valence-corrected chi connectivity index (χ2v) is 11.1. The van der Waals surface area contributed by atoms with Crippen molar-refractivity contribution >= 4 is 31.5 Å². The van der Waals surface area contributed by atoms with E-state index in [2.05, 4.69) is 10.0 Å². The molecular formula is C19H22N2O6S2. The molecule has 0 aromatic heterocycles. The first-order valence-corrected chi connectivity index (χ1v) is 12.1. The lowest BCUT2D eigenvalue weighted by molar-refractivity contribution is 0.0915. The largest absolute Gasteiger partial charge is 0.495 e. The summed E-state index contributed by atoms with van der Waals surface area (Å²) in [6.45, 7) is 1.69. The monoisotopic (exact) mass is 438 g/mol. The van der Waals surface area contributed by atoms with E-state index in [-0.39, 0.29) is 22.0 Å². The zero-order valence-corrected chi connectivity index (χ0v) is 17.6. The zero-order valence-electron chi connectivity index (χ0n) is 16.0. The van der Waals surface area contributed by atoms with Crippen molar-refractivity contribution in [2.45, 2.75) is 23.8 Å². The Kier molecular flexibility index (Phi) is 5.59. The first-order chi connectivity index (χ1) is 13.5. The lowest BCUT2D eigenvalue weighted by atomic mass is 10.0. The molecule has 1 heterocycles. The molecule has 29 heavy (non-hydrogen) atoms. The lowest BCUT2D eigenvalue weighted by Crippen LogP contribution is -2.46. The highest BCUT2D eigenvalue weighted by atomic mass is 32.2. The lowest BCUT2D eigenvalue weighted by Gasteiger charge is -2.23. The Morgan fingerprint density at radius 3 is 2.34 bits per heavy atom. The van der Waals surface area contributed by atoms with Gasteiger partial charge in [-0.05, 0) is 49.7 Å². The number of benzene rings is 2. The third-order valence-electron chi connectivity index (χ3n) is 4.70. The Hall–Kier alpha value is -2.59. The fraction of sp³-hybridized carbons (Fsp3) is 0.316. The molecule has 0 bridgehead atoms. The summed E-state index contributed by atoms with van der Waals surface area (Å²) in [6.07, 6.45) is 0.344. The van der Waals surface area contributed by atoms with Crippen molar-refractivity contribution in [2.24, 2.45) is 0 Å². The summed E-state index contributed by atoms with van der Waals surface area (Å²) < 4.78 is 56.2. The highest BCUT2D eigenvalue weighted by Crippen LogP contribution is 2.26. The van der Waals surface area contributed by atoms with E-state index in [0.29, 0.717) is 17.9 Å². The van der Waals surface area contributed by atoms with Gasteiger partial charge in [-0.3, -0.25) is 9.52 Å². The summed E-state index contributed by atoms with van der Waals surface area (Å²) in [5.74, 6) is -0.144. The van der Waals surface area contributed by atoms with Crippen LogP contribution in [0.15, 0.2) is 53.4 Å². The van der Waals surface area contributed by atoms with Crippen LogP contribution >= 0.6 is 0 Å². The Morgan fingerprint density at radius 1 is 1.10 bits per heavy atom. The van der Waals surface area contributed by atoms with Gasteiger partial charge in [0.1, 0.15) is 5.75 Å². The molecule has 1 atom stereocenters. The Morgan fingerprint density at radius 2 is 1.76 bits per heavy atom. The predicted octanol–water partition coefficient (Wildman–Crippen LogP) is 1.80. The first-order valence-electron chi connectivity index (χ1n) is 8.82. The molecule has 2 aromatic carbocycles. The Labute approximate surface area is 170 Å². The molecule has 8 nitrogen and oxygen atoms in total. The predicted molar refractivity (Wildman–Crippen MR) is 109 cm³/mol. The molecule has 1 fully saturated rings. The molecule has 1 amide bonds. The molecule has 156 valence electrons. The number of ether oxygens (including phenoxy) is 1. The number of methoxy groups -OCH3 is 1. The van der Waals surface area contributed by atoms with Crippen molar-refractivity contribution in [3.8, 4) is 5.75 Å². The van der Waals surface area contributed by atoms with Crippen LogP contribution < -0.4 is 14.8 Å². The maximum Gasteiger partial charge on any atom is 0.262 e. The topological polar surface area (TPSA) is 119 Å². The van der Waals surface area contributed by atoms with Gasteiger partial charge in [0, 0.05) is 5.56 Å². The summed E-state index contributed by atoms with van der Waals surface area (Å²) >= 11 is 0. The zero-order chi connectivity index (χ0) is 21.3. The minimum atomic E-state index is -3.88. The van der Waals surface area contributed by atoms with E-state index < -0.39 is 31.3 Å². The maximum absolute atomic E-state index is 12.6. The minimum absolute atomic E-state index is 0.0189. The molecule has 1 aliphatic rings. The molecule has 0 aliphatic carbocycles. The van der Waals surface area contributed by atoms with E-state index in [9.17, 15) is 21.6 Å². The van der Waals surface area contributed by atoms with Crippen LogP contribution in [-0.2, 0) is 19.9 Å². The van der Waals surface area contributed by atoms with Gasteiger partial charge < -0.3 is 10.1 Å². The van der Waals surface area contributed by atoms with Crippen LogP contribution in [-0.4, -0.2) is 46.9 Å². The van der Waals surface area contributed by atoms with Gasteiger partial charge in [-0.15, -0.1) is 0 Å². The summed E-state index contributed by atoms with van der Waals surface area (Å²) in [5.41, 5.74) is -0.287. The number of para-hydroxylation sites is 2. The van der Waals surface area contributed by atoms with Crippen molar-refractivity contribution in [3.63, 3.8) is 0 Å². The molecule has 2 N–H and O–H groups in total. The number of rotatable bonds is 6. The molecule has 2 aromatic rings. The van der Waals surface area contributed by atoms with Crippen molar-refractivity contribution < 1.29 is 26.4 Å². The highest BCUT2D eigenvalue weighted by Gasteiger charge is 2.39. The van der Waals surface area contributed by atoms with E-state index in [4.69, 9.17) is 4.74 Å². The van der Waals surface area contributed by atoms with Gasteiger partial charge in [0.25, 0.3) is 15.9 Å². The van der Waals surface area contributed by atoms with Crippen LogP contribution in [0.1, 0.15) is 23.7 Å². The summed E-state index contributed by atoms with van der Waals surface area (Å²) in [6, 6.07) is 12.0. The first kappa shape index (κ1) is 21.1. The van der Waals surface area contributed by atoms with Gasteiger partial charge in [-0.1, -0.05) is 12.1 Å². The van der Waals surface area contributed by atoms with Crippen molar-refractivity contribution in [3.05, 3.63) is 54.1 Å². The van der Waals surface area contributed by atoms with Crippen molar-refractivity contribution in [1.82, 2.24) is 5.32 Å². The van der Waals surface area contributed by atoms with E-state index in [1.165, 1.54) is 31.4 Å². The average Bonchev–Trinajstić information content (AvgIpc) is 2.94. The van der Waals surface area contributed by atoms with Crippen molar-refractivity contribution in [2.75, 3.05) is 23.3 Å². The maximum atomic E-state index is 12.6. The number of amides is 1. The fourth-order valence-electron chi connectivity index (χ4n) is 3.17. The fourth-order valence-corrected chi connectivity index (χ4v) is 6.34. The van der Waals surface area contributed by atoms with Crippen LogP contribution in [0, 0.1) is 0 Å². The van der Waals surface area contributed by atoms with Crippen molar-refractivity contribution in [1.29, 1.82) is 0 Å². The normalized spacial score (nSPS) is 20.8. The van der Waals surface area contributed by atoms with Crippen LogP contribution in [0.5, 0.6) is 5.75 Å². The Balaban J connectivity index is 1.75. The van der Waals surface area contributed by atoms with Gasteiger partial charge in [0.05, 0.1) is 34.7 Å². The second kappa shape index (κ2) is 7.68. The number of anilines is 1. The number of hydrogen-bond acceptors (Lipinski definition) is 6. The van der Waals surface area contributed by atoms with Gasteiger partial charge in [0.15, 0.2) is 9.84 Å². The number of carbonyl (C=O) groups is 1. The molecule has 0 spiro atoms. The van der Waals surface area contributed by atoms with Gasteiger partial charge in [0.2, 0.25) is 0 Å². The van der Waals surface area contributed by atoms with Gasteiger partial charge in [-0.2, -0.15) is 0 Å². The molecule has 0 radical (unpaired) electrons. The van der Waals surface area contributed by atoms with Crippen LogP contribution in [0.25, 0.3) is 0 Å². The van der Waals surface area contributed by atoms with Crippen LogP contribution in [0.4, 0.5) is 5.69 Å². The summed E-state index contributed by atoms with van der Waals surface area (Å²) in [4.78, 5) is 12.4. The SMILES string of the molecule is COc1ccccc1NS(=O)(=O)c1ccc(C(=O)N[C@@]2(C)CCS(=O)(=O)C2)cc1. The average molecular weight is 439 g/mol. The second-order valence-electron chi connectivity index (χ2n) is 7.19. The van der Waals surface area contributed by atoms with E-state index in [1.54, 1.807) is 31.2 Å². The van der Waals surface area contributed by atoms with E-state index >= 15 is 0 Å². The third kappa shape index (κ3) is 4.88. The number of hydrogen-bond donors (Lipinski definition) is 2. The molecule has 10 heteroatoms. The van der Waals surface area contributed by atoms with Crippen LogP contribution in [0.3, 0.4) is 0 Å². The number of carbonyl (C=O) groups excluding carboxylic acids is 1. The molecular weight excluding hydrogens is 416 g/mol. The third-order valence-corrected chi connectivity index (χ3v) is 7.98. The summed E-state index contributed by atoms with van der Waals surface area (Å²) in [5, 5.41) is 2.74. The number of nitrogens with one attached hydrogen (secondary N) is 2. The molecule has 3 rings (SSSR count). The number of sulfone groups is 1. The molecule has 1 aliphatic heterocycles. The van der Waals surface area contributed by atoms with Gasteiger partial charge in [-0.25, -0.2) is 16.8 Å². The highest BCUT2D eigenvalue weighted by molar-refractivity contribution is 7.92. The number of sulfonamides is 1. The molecule has 0 saturated carbocycles. The smallest absolute Gasteiger partial charge is 0.262 e. The minimum Gasteiger partial charge on any atom is -0.495 e.